The predicted molar refractivity (Wildman–Crippen MR) is 119 cm³/mol. The molecule has 0 aliphatic rings. The smallest absolute Gasteiger partial charge is 0.258 e. The van der Waals surface area contributed by atoms with Crippen molar-refractivity contribution in [2.24, 2.45) is 5.10 Å². The molecule has 31 heavy (non-hydrogen) atoms. The number of ether oxygens (including phenoxy) is 1. The first-order chi connectivity index (χ1) is 14.9. The van der Waals surface area contributed by atoms with Gasteiger partial charge in [-0.2, -0.15) is 5.10 Å². The van der Waals surface area contributed by atoms with E-state index in [-0.39, 0.29) is 30.9 Å². The van der Waals surface area contributed by atoms with Crippen molar-refractivity contribution in [3.8, 4) is 5.75 Å². The van der Waals surface area contributed by atoms with Crippen molar-refractivity contribution in [2.75, 3.05) is 13.2 Å². The molecular weight excluding hydrogens is 396 g/mol. The van der Waals surface area contributed by atoms with Gasteiger partial charge in [-0.25, -0.2) is 5.43 Å². The highest BCUT2D eigenvalue weighted by Crippen LogP contribution is 2.10. The third-order valence-corrected chi connectivity index (χ3v) is 4.00. The minimum atomic E-state index is -0.496. The van der Waals surface area contributed by atoms with Gasteiger partial charge in [0.05, 0.1) is 6.21 Å². The molecule has 2 rings (SSSR count). The van der Waals surface area contributed by atoms with Crippen molar-refractivity contribution in [1.82, 2.24) is 16.1 Å². The summed E-state index contributed by atoms with van der Waals surface area (Å²) in [5.41, 5.74) is 4.17. The van der Waals surface area contributed by atoms with Gasteiger partial charge < -0.3 is 15.4 Å². The number of hydrogen-bond donors (Lipinski definition) is 3. The fourth-order valence-corrected chi connectivity index (χ4v) is 2.58. The molecule has 8 nitrogen and oxygen atoms in total. The third-order valence-electron chi connectivity index (χ3n) is 4.00. The van der Waals surface area contributed by atoms with E-state index < -0.39 is 5.91 Å². The molecule has 0 saturated heterocycles. The van der Waals surface area contributed by atoms with Crippen LogP contribution in [-0.2, 0) is 20.8 Å². The number of rotatable bonds is 11. The maximum absolute atomic E-state index is 11.8. The second-order valence-electron chi connectivity index (χ2n) is 7.14. The summed E-state index contributed by atoms with van der Waals surface area (Å²) in [5, 5.41) is 9.30. The van der Waals surface area contributed by atoms with Crippen molar-refractivity contribution >= 4 is 23.9 Å². The van der Waals surface area contributed by atoms with Gasteiger partial charge in [-0.3, -0.25) is 14.4 Å². The van der Waals surface area contributed by atoms with E-state index in [4.69, 9.17) is 4.74 Å². The van der Waals surface area contributed by atoms with Crippen LogP contribution in [-0.4, -0.2) is 43.1 Å². The molecule has 164 valence electrons. The van der Waals surface area contributed by atoms with E-state index in [0.717, 1.165) is 11.1 Å². The van der Waals surface area contributed by atoms with Crippen molar-refractivity contribution < 1.29 is 19.1 Å². The van der Waals surface area contributed by atoms with Gasteiger partial charge in [-0.15, -0.1) is 0 Å². The van der Waals surface area contributed by atoms with Gasteiger partial charge in [0.1, 0.15) is 12.2 Å². The summed E-state index contributed by atoms with van der Waals surface area (Å²) in [6, 6.07) is 16.7. The summed E-state index contributed by atoms with van der Waals surface area (Å²) < 4.78 is 5.40. The fourth-order valence-electron chi connectivity index (χ4n) is 2.58. The standard InChI is InChI=1S/C23H28N4O4/c1-17(2)26-23(30)16-31-20-10-8-19(9-11-20)15-25-27-22(29)14-21(28)24-13-12-18-6-4-3-5-7-18/h3-11,15,17H,12-14,16H2,1-2H3,(H,24,28)(H,26,30)(H,27,29)/b25-15+. The summed E-state index contributed by atoms with van der Waals surface area (Å²) in [6.45, 7) is 4.16. The van der Waals surface area contributed by atoms with Crippen molar-refractivity contribution in [2.45, 2.75) is 32.7 Å². The highest BCUT2D eigenvalue weighted by molar-refractivity contribution is 5.97. The monoisotopic (exact) mass is 424 g/mol. The van der Waals surface area contributed by atoms with Gasteiger partial charge >= 0.3 is 0 Å². The number of hydrazone groups is 1. The van der Waals surface area contributed by atoms with Crippen molar-refractivity contribution in [1.29, 1.82) is 0 Å². The zero-order chi connectivity index (χ0) is 22.5. The van der Waals surface area contributed by atoms with Crippen molar-refractivity contribution in [3.63, 3.8) is 0 Å². The molecular formula is C23H28N4O4. The topological polar surface area (TPSA) is 109 Å². The van der Waals surface area contributed by atoms with E-state index >= 15 is 0 Å². The highest BCUT2D eigenvalue weighted by atomic mass is 16.5. The number of amides is 3. The Balaban J connectivity index is 1.66. The lowest BCUT2D eigenvalue weighted by Gasteiger charge is -2.09. The Morgan fingerprint density at radius 1 is 0.968 bits per heavy atom. The Morgan fingerprint density at radius 3 is 2.35 bits per heavy atom. The van der Waals surface area contributed by atoms with Crippen molar-refractivity contribution in [3.05, 3.63) is 65.7 Å². The molecule has 0 aliphatic heterocycles. The molecule has 3 amide bonds. The van der Waals surface area contributed by atoms with Crippen LogP contribution < -0.4 is 20.8 Å². The first-order valence-electron chi connectivity index (χ1n) is 10.1. The van der Waals surface area contributed by atoms with Crippen LogP contribution in [0, 0.1) is 0 Å². The fraction of sp³-hybridized carbons (Fsp3) is 0.304. The first kappa shape index (κ1) is 23.6. The van der Waals surface area contributed by atoms with E-state index in [1.807, 2.05) is 44.2 Å². The molecule has 8 heteroatoms. The van der Waals surface area contributed by atoms with Crippen LogP contribution in [0.1, 0.15) is 31.4 Å². The van der Waals surface area contributed by atoms with Crippen LogP contribution in [0.15, 0.2) is 59.7 Å². The second kappa shape index (κ2) is 12.8. The van der Waals surface area contributed by atoms with Gasteiger partial charge in [0.25, 0.3) is 5.91 Å². The molecule has 2 aromatic rings. The third kappa shape index (κ3) is 10.1. The normalized spacial score (nSPS) is 10.7. The second-order valence-corrected chi connectivity index (χ2v) is 7.14. The quantitative estimate of drug-likeness (QED) is 0.290. The highest BCUT2D eigenvalue weighted by Gasteiger charge is 2.08. The van der Waals surface area contributed by atoms with Crippen LogP contribution in [0.3, 0.4) is 0 Å². The zero-order valence-electron chi connectivity index (χ0n) is 17.8. The molecule has 0 fully saturated rings. The largest absolute Gasteiger partial charge is 0.484 e. The summed E-state index contributed by atoms with van der Waals surface area (Å²) in [6.07, 6.45) is 1.87. The number of hydrogen-bond acceptors (Lipinski definition) is 5. The van der Waals surface area contributed by atoms with E-state index in [1.165, 1.54) is 6.21 Å². The molecule has 0 unspecified atom stereocenters. The number of carbonyl (C=O) groups is 3. The molecule has 2 aromatic carbocycles. The van der Waals surface area contributed by atoms with Gasteiger partial charge in [-0.05, 0) is 55.7 Å². The molecule has 0 aromatic heterocycles. The zero-order valence-corrected chi connectivity index (χ0v) is 17.8. The van der Waals surface area contributed by atoms with Gasteiger partial charge in [0, 0.05) is 12.6 Å². The Kier molecular flexibility index (Phi) is 9.74. The first-order valence-corrected chi connectivity index (χ1v) is 10.1. The number of benzene rings is 2. The van der Waals surface area contributed by atoms with Gasteiger partial charge in [-0.1, -0.05) is 30.3 Å². The Hall–Kier alpha value is -3.68. The maximum atomic E-state index is 11.8. The van der Waals surface area contributed by atoms with E-state index in [0.29, 0.717) is 18.7 Å². The molecule has 0 radical (unpaired) electrons. The van der Waals surface area contributed by atoms with Gasteiger partial charge in [0.15, 0.2) is 6.61 Å². The maximum Gasteiger partial charge on any atom is 0.258 e. The lowest BCUT2D eigenvalue weighted by molar-refractivity contribution is -0.129. The Labute approximate surface area is 182 Å². The summed E-state index contributed by atoms with van der Waals surface area (Å²) in [4.78, 5) is 35.2. The van der Waals surface area contributed by atoms with E-state index in [9.17, 15) is 14.4 Å². The minimum Gasteiger partial charge on any atom is -0.484 e. The summed E-state index contributed by atoms with van der Waals surface area (Å²) >= 11 is 0. The molecule has 0 aliphatic carbocycles. The average Bonchev–Trinajstić information content (AvgIpc) is 2.73. The summed E-state index contributed by atoms with van der Waals surface area (Å²) in [7, 11) is 0. The number of nitrogens with one attached hydrogen (secondary N) is 3. The SMILES string of the molecule is CC(C)NC(=O)COc1ccc(/C=N/NC(=O)CC(=O)NCCc2ccccc2)cc1. The number of carbonyl (C=O) groups excluding carboxylic acids is 3. The van der Waals surface area contributed by atoms with Gasteiger partial charge in [0.2, 0.25) is 11.8 Å². The van der Waals surface area contributed by atoms with E-state index in [2.05, 4.69) is 21.2 Å². The molecule has 0 atom stereocenters. The molecule has 0 bridgehead atoms. The Morgan fingerprint density at radius 2 is 1.68 bits per heavy atom. The number of nitrogens with zero attached hydrogens (tertiary/aromatic N) is 1. The molecule has 0 spiro atoms. The Bertz CT molecular complexity index is 880. The molecule has 3 N–H and O–H groups in total. The average molecular weight is 425 g/mol. The molecule has 0 heterocycles. The lowest BCUT2D eigenvalue weighted by Crippen LogP contribution is -2.34. The van der Waals surface area contributed by atoms with E-state index in [1.54, 1.807) is 24.3 Å². The summed E-state index contributed by atoms with van der Waals surface area (Å²) in [5.74, 6) is -0.490. The van der Waals surface area contributed by atoms with Crippen LogP contribution >= 0.6 is 0 Å². The van der Waals surface area contributed by atoms with Crippen LogP contribution in [0.25, 0.3) is 0 Å². The predicted octanol–water partition coefficient (Wildman–Crippen LogP) is 1.79. The lowest BCUT2D eigenvalue weighted by atomic mass is 10.1. The minimum absolute atomic E-state index is 0.0604. The van der Waals surface area contributed by atoms with Crippen LogP contribution in [0.5, 0.6) is 5.75 Å². The van der Waals surface area contributed by atoms with Crippen LogP contribution in [0.4, 0.5) is 0 Å². The molecule has 0 saturated carbocycles. The van der Waals surface area contributed by atoms with Crippen LogP contribution in [0.2, 0.25) is 0 Å².